The van der Waals surface area contributed by atoms with E-state index in [1.54, 1.807) is 29.2 Å². The van der Waals surface area contributed by atoms with Gasteiger partial charge in [0.2, 0.25) is 0 Å². The molecule has 0 fully saturated rings. The van der Waals surface area contributed by atoms with Crippen LogP contribution in [0.15, 0.2) is 54.4 Å². The molecule has 0 aliphatic rings. The normalized spacial score (nSPS) is 10.3. The van der Waals surface area contributed by atoms with Crippen molar-refractivity contribution in [2.45, 2.75) is 12.3 Å². The lowest BCUT2D eigenvalue weighted by Crippen LogP contribution is -2.30. The van der Waals surface area contributed by atoms with Crippen LogP contribution in [0.5, 0.6) is 0 Å². The summed E-state index contributed by atoms with van der Waals surface area (Å²) in [6, 6.07) is 11.9. The Bertz CT molecular complexity index is 575. The molecule has 0 bridgehead atoms. The van der Waals surface area contributed by atoms with Crippen LogP contribution in [0.4, 0.5) is 0 Å². The molecular formula is C17H19NOS2. The Kier molecular flexibility index (Phi) is 6.08. The zero-order valence-electron chi connectivity index (χ0n) is 12.1. The first-order valence-corrected chi connectivity index (χ1v) is 9.02. The second-order valence-electron chi connectivity index (χ2n) is 4.68. The van der Waals surface area contributed by atoms with Crippen LogP contribution in [0.3, 0.4) is 0 Å². The van der Waals surface area contributed by atoms with Crippen molar-refractivity contribution < 1.29 is 4.79 Å². The molecule has 1 amide bonds. The molecule has 1 aromatic carbocycles. The van der Waals surface area contributed by atoms with Gasteiger partial charge in [-0.1, -0.05) is 24.3 Å². The summed E-state index contributed by atoms with van der Waals surface area (Å²) in [7, 11) is 0. The lowest BCUT2D eigenvalue weighted by atomic mass is 10.1. The van der Waals surface area contributed by atoms with Gasteiger partial charge in [-0.3, -0.25) is 4.79 Å². The van der Waals surface area contributed by atoms with Crippen molar-refractivity contribution in [1.29, 1.82) is 0 Å². The van der Waals surface area contributed by atoms with E-state index in [0.717, 1.165) is 11.3 Å². The van der Waals surface area contributed by atoms with Crippen molar-refractivity contribution in [2.75, 3.05) is 12.8 Å². The number of benzene rings is 1. The van der Waals surface area contributed by atoms with Gasteiger partial charge in [-0.2, -0.15) is 11.8 Å². The second-order valence-corrected chi connectivity index (χ2v) is 6.58. The molecule has 4 heteroatoms. The molecule has 2 aromatic rings. The minimum Gasteiger partial charge on any atom is -0.330 e. The average molecular weight is 317 g/mol. The Morgan fingerprint density at radius 1 is 1.33 bits per heavy atom. The molecular weight excluding hydrogens is 298 g/mol. The van der Waals surface area contributed by atoms with Gasteiger partial charge >= 0.3 is 0 Å². The number of hydrogen-bond acceptors (Lipinski definition) is 3. The van der Waals surface area contributed by atoms with Crippen molar-refractivity contribution in [1.82, 2.24) is 4.90 Å². The molecule has 110 valence electrons. The summed E-state index contributed by atoms with van der Waals surface area (Å²) in [5.74, 6) is 1.03. The number of hydrogen-bond donors (Lipinski definition) is 0. The molecule has 0 saturated carbocycles. The van der Waals surface area contributed by atoms with Crippen LogP contribution in [-0.2, 0) is 12.3 Å². The third-order valence-corrected chi connectivity index (χ3v) is 4.56. The number of rotatable bonds is 7. The van der Waals surface area contributed by atoms with E-state index in [0.29, 0.717) is 13.1 Å². The fourth-order valence-corrected chi connectivity index (χ4v) is 3.30. The molecule has 0 atom stereocenters. The first-order chi connectivity index (χ1) is 10.2. The zero-order chi connectivity index (χ0) is 15.1. The number of nitrogens with zero attached hydrogens (tertiary/aromatic N) is 1. The van der Waals surface area contributed by atoms with E-state index < -0.39 is 0 Å². The highest BCUT2D eigenvalue weighted by Crippen LogP contribution is 2.16. The molecule has 0 unspecified atom stereocenters. The molecule has 0 spiro atoms. The van der Waals surface area contributed by atoms with Gasteiger partial charge in [0.1, 0.15) is 0 Å². The van der Waals surface area contributed by atoms with Crippen LogP contribution in [0.2, 0.25) is 0 Å². The summed E-state index contributed by atoms with van der Waals surface area (Å²) in [4.78, 5) is 15.6. The fourth-order valence-electron chi connectivity index (χ4n) is 2.06. The van der Waals surface area contributed by atoms with Gasteiger partial charge in [0.05, 0.1) is 6.54 Å². The van der Waals surface area contributed by atoms with Crippen LogP contribution in [0.1, 0.15) is 20.8 Å². The summed E-state index contributed by atoms with van der Waals surface area (Å²) in [5.41, 5.74) is 1.98. The minimum absolute atomic E-state index is 0.0546. The molecule has 0 radical (unpaired) electrons. The van der Waals surface area contributed by atoms with Crippen LogP contribution in [-0.4, -0.2) is 23.6 Å². The van der Waals surface area contributed by atoms with E-state index in [2.05, 4.69) is 18.9 Å². The van der Waals surface area contributed by atoms with Crippen molar-refractivity contribution >= 4 is 29.0 Å². The molecule has 1 aromatic heterocycles. The Hall–Kier alpha value is -1.52. The Balaban J connectivity index is 2.11. The summed E-state index contributed by atoms with van der Waals surface area (Å²) >= 11 is 3.45. The third kappa shape index (κ3) is 4.48. The molecule has 0 saturated heterocycles. The van der Waals surface area contributed by atoms with Gasteiger partial charge in [0, 0.05) is 22.7 Å². The van der Waals surface area contributed by atoms with E-state index in [4.69, 9.17) is 0 Å². The van der Waals surface area contributed by atoms with Crippen LogP contribution >= 0.6 is 23.1 Å². The van der Waals surface area contributed by atoms with Gasteiger partial charge in [-0.25, -0.2) is 0 Å². The summed E-state index contributed by atoms with van der Waals surface area (Å²) in [6.45, 7) is 4.94. The highest BCUT2D eigenvalue weighted by molar-refractivity contribution is 7.97. The highest BCUT2D eigenvalue weighted by Gasteiger charge is 2.15. The van der Waals surface area contributed by atoms with Crippen LogP contribution in [0, 0.1) is 0 Å². The van der Waals surface area contributed by atoms with Crippen molar-refractivity contribution in [3.63, 3.8) is 0 Å². The zero-order valence-corrected chi connectivity index (χ0v) is 13.8. The standard InChI is InChI=1S/C17H19NOS2/c1-3-10-18(12-16-5-4-11-21-16)17(19)15-8-6-14(7-9-15)13-20-2/h3-9,11H,1,10,12-13H2,2H3. The maximum atomic E-state index is 12.6. The SMILES string of the molecule is C=CCN(Cc1cccs1)C(=O)c1ccc(CSC)cc1. The van der Waals surface area contributed by atoms with Crippen LogP contribution < -0.4 is 0 Å². The topological polar surface area (TPSA) is 20.3 Å². The fraction of sp³-hybridized carbons (Fsp3) is 0.235. The van der Waals surface area contributed by atoms with Gasteiger partial charge in [0.25, 0.3) is 5.91 Å². The number of carbonyl (C=O) groups excluding carboxylic acids is 1. The van der Waals surface area contributed by atoms with Crippen molar-refractivity contribution in [2.24, 2.45) is 0 Å². The highest BCUT2D eigenvalue weighted by atomic mass is 32.2. The molecule has 0 aliphatic carbocycles. The number of thiophene rings is 1. The second kappa shape index (κ2) is 8.05. The van der Waals surface area contributed by atoms with Gasteiger partial charge < -0.3 is 4.90 Å². The first kappa shape index (κ1) is 15.9. The monoisotopic (exact) mass is 317 g/mol. The Morgan fingerprint density at radius 3 is 2.67 bits per heavy atom. The van der Waals surface area contributed by atoms with E-state index >= 15 is 0 Å². The van der Waals surface area contributed by atoms with E-state index in [1.165, 1.54) is 10.4 Å². The molecule has 1 heterocycles. The number of amides is 1. The van der Waals surface area contributed by atoms with Gasteiger partial charge in [0.15, 0.2) is 0 Å². The summed E-state index contributed by atoms with van der Waals surface area (Å²) in [6.07, 6.45) is 3.85. The Morgan fingerprint density at radius 2 is 2.10 bits per heavy atom. The summed E-state index contributed by atoms with van der Waals surface area (Å²) < 4.78 is 0. The molecule has 21 heavy (non-hydrogen) atoms. The van der Waals surface area contributed by atoms with Crippen LogP contribution in [0.25, 0.3) is 0 Å². The maximum absolute atomic E-state index is 12.6. The minimum atomic E-state index is 0.0546. The predicted octanol–water partition coefficient (Wildman–Crippen LogP) is 4.44. The average Bonchev–Trinajstić information content (AvgIpc) is 3.00. The largest absolute Gasteiger partial charge is 0.330 e. The van der Waals surface area contributed by atoms with E-state index in [-0.39, 0.29) is 5.91 Å². The first-order valence-electron chi connectivity index (χ1n) is 6.75. The summed E-state index contributed by atoms with van der Waals surface area (Å²) in [5, 5.41) is 2.03. The molecule has 2 nitrogen and oxygen atoms in total. The quantitative estimate of drug-likeness (QED) is 0.704. The molecule has 0 N–H and O–H groups in total. The number of carbonyl (C=O) groups is 1. The van der Waals surface area contributed by atoms with Crippen molar-refractivity contribution in [3.8, 4) is 0 Å². The number of thioether (sulfide) groups is 1. The predicted molar refractivity (Wildman–Crippen MR) is 92.9 cm³/mol. The van der Waals surface area contributed by atoms with Gasteiger partial charge in [-0.15, -0.1) is 17.9 Å². The van der Waals surface area contributed by atoms with Crippen molar-refractivity contribution in [3.05, 3.63) is 70.4 Å². The van der Waals surface area contributed by atoms with E-state index in [9.17, 15) is 4.79 Å². The lowest BCUT2D eigenvalue weighted by molar-refractivity contribution is 0.0764. The third-order valence-electron chi connectivity index (χ3n) is 3.08. The molecule has 2 rings (SSSR count). The lowest BCUT2D eigenvalue weighted by Gasteiger charge is -2.20. The van der Waals surface area contributed by atoms with Gasteiger partial charge in [-0.05, 0) is 35.4 Å². The smallest absolute Gasteiger partial charge is 0.254 e. The maximum Gasteiger partial charge on any atom is 0.254 e. The molecule has 0 aliphatic heterocycles. The van der Waals surface area contributed by atoms with E-state index in [1.807, 2.05) is 40.6 Å². The Labute approximate surface area is 134 Å².